The van der Waals surface area contributed by atoms with Crippen molar-refractivity contribution in [3.63, 3.8) is 0 Å². The van der Waals surface area contributed by atoms with Gasteiger partial charge in [0.05, 0.1) is 6.10 Å². The standard InChI is InChI=1S/C19H32O2Si/c1-8-9-10-16(20)12-13-17-15(2)11-14-18(17)21-22(6,7)19(3,4)5/h8,12-13,18H,1,9-11,14H2,2-7H3/b13-12+. The van der Waals surface area contributed by atoms with Gasteiger partial charge in [0.15, 0.2) is 14.1 Å². The van der Waals surface area contributed by atoms with E-state index in [0.717, 1.165) is 19.3 Å². The second-order valence-corrected chi connectivity index (χ2v) is 12.5. The highest BCUT2D eigenvalue weighted by Crippen LogP contribution is 2.40. The normalized spacial score (nSPS) is 20.0. The molecule has 0 fully saturated rings. The van der Waals surface area contributed by atoms with Gasteiger partial charge >= 0.3 is 0 Å². The lowest BCUT2D eigenvalue weighted by Crippen LogP contribution is -2.43. The van der Waals surface area contributed by atoms with Crippen molar-refractivity contribution in [1.82, 2.24) is 0 Å². The molecule has 1 rings (SSSR count). The maximum Gasteiger partial charge on any atom is 0.192 e. The zero-order valence-electron chi connectivity index (χ0n) is 15.2. The van der Waals surface area contributed by atoms with Crippen molar-refractivity contribution in [2.45, 2.75) is 77.6 Å². The average molecular weight is 321 g/mol. The summed E-state index contributed by atoms with van der Waals surface area (Å²) in [5.41, 5.74) is 2.58. The van der Waals surface area contributed by atoms with Gasteiger partial charge in [0, 0.05) is 6.42 Å². The topological polar surface area (TPSA) is 26.3 Å². The molecule has 0 radical (unpaired) electrons. The van der Waals surface area contributed by atoms with Crippen molar-refractivity contribution in [2.24, 2.45) is 0 Å². The lowest BCUT2D eigenvalue weighted by atomic mass is 10.1. The third kappa shape index (κ3) is 5.06. The molecular formula is C19H32O2Si. The molecule has 0 aromatic rings. The molecule has 0 heterocycles. The van der Waals surface area contributed by atoms with Crippen LogP contribution in [0.5, 0.6) is 0 Å². The molecule has 1 aliphatic rings. The minimum absolute atomic E-state index is 0.157. The van der Waals surface area contributed by atoms with E-state index in [1.54, 1.807) is 12.2 Å². The highest BCUT2D eigenvalue weighted by Gasteiger charge is 2.40. The fourth-order valence-corrected chi connectivity index (χ4v) is 3.65. The van der Waals surface area contributed by atoms with Crippen molar-refractivity contribution in [2.75, 3.05) is 0 Å². The van der Waals surface area contributed by atoms with Crippen molar-refractivity contribution >= 4 is 14.1 Å². The number of hydrogen-bond acceptors (Lipinski definition) is 2. The van der Waals surface area contributed by atoms with Crippen molar-refractivity contribution in [3.05, 3.63) is 36.0 Å². The molecule has 0 spiro atoms. The van der Waals surface area contributed by atoms with Gasteiger partial charge in [-0.05, 0) is 56.0 Å². The molecule has 0 saturated carbocycles. The minimum Gasteiger partial charge on any atom is -0.410 e. The average Bonchev–Trinajstić information content (AvgIpc) is 2.73. The van der Waals surface area contributed by atoms with Crippen LogP contribution in [0.1, 0.15) is 53.4 Å². The molecule has 0 aromatic heterocycles. The second-order valence-electron chi connectivity index (χ2n) is 7.77. The first-order valence-electron chi connectivity index (χ1n) is 8.28. The van der Waals surface area contributed by atoms with Crippen LogP contribution in [0, 0.1) is 0 Å². The van der Waals surface area contributed by atoms with E-state index in [4.69, 9.17) is 4.43 Å². The zero-order chi connectivity index (χ0) is 17.0. The van der Waals surface area contributed by atoms with Gasteiger partial charge in [-0.2, -0.15) is 0 Å². The molecule has 3 heteroatoms. The Balaban J connectivity index is 2.80. The minimum atomic E-state index is -1.78. The van der Waals surface area contributed by atoms with Gasteiger partial charge in [0.2, 0.25) is 0 Å². The van der Waals surface area contributed by atoms with Gasteiger partial charge in [-0.3, -0.25) is 4.79 Å². The summed E-state index contributed by atoms with van der Waals surface area (Å²) in [4.78, 5) is 11.8. The van der Waals surface area contributed by atoms with E-state index in [2.05, 4.69) is 47.4 Å². The monoisotopic (exact) mass is 320 g/mol. The van der Waals surface area contributed by atoms with Crippen LogP contribution in [-0.2, 0) is 9.22 Å². The Kier molecular flexibility index (Phi) is 6.57. The highest BCUT2D eigenvalue weighted by molar-refractivity contribution is 6.74. The van der Waals surface area contributed by atoms with E-state index in [1.165, 1.54) is 11.1 Å². The van der Waals surface area contributed by atoms with Crippen LogP contribution < -0.4 is 0 Å². The van der Waals surface area contributed by atoms with E-state index in [0.29, 0.717) is 6.42 Å². The Bertz CT molecular complexity index is 478. The molecular weight excluding hydrogens is 288 g/mol. The van der Waals surface area contributed by atoms with Crippen LogP contribution in [0.4, 0.5) is 0 Å². The van der Waals surface area contributed by atoms with Gasteiger partial charge in [0.1, 0.15) is 0 Å². The van der Waals surface area contributed by atoms with Gasteiger partial charge in [-0.15, -0.1) is 6.58 Å². The van der Waals surface area contributed by atoms with Gasteiger partial charge in [-0.1, -0.05) is 38.5 Å². The van der Waals surface area contributed by atoms with Crippen LogP contribution >= 0.6 is 0 Å². The van der Waals surface area contributed by atoms with Crippen LogP contribution in [0.2, 0.25) is 18.1 Å². The Morgan fingerprint density at radius 2 is 2.05 bits per heavy atom. The molecule has 0 saturated heterocycles. The van der Waals surface area contributed by atoms with Gasteiger partial charge < -0.3 is 4.43 Å². The summed E-state index contributed by atoms with van der Waals surface area (Å²) in [5, 5.41) is 0.206. The Morgan fingerprint density at radius 3 is 2.59 bits per heavy atom. The Hall–Kier alpha value is -0.933. The lowest BCUT2D eigenvalue weighted by Gasteiger charge is -2.39. The van der Waals surface area contributed by atoms with Crippen molar-refractivity contribution < 1.29 is 9.22 Å². The molecule has 0 aliphatic heterocycles. The first kappa shape index (κ1) is 19.1. The first-order chi connectivity index (χ1) is 10.1. The number of ketones is 1. The lowest BCUT2D eigenvalue weighted by molar-refractivity contribution is -0.114. The smallest absolute Gasteiger partial charge is 0.192 e. The predicted octanol–water partition coefficient (Wildman–Crippen LogP) is 5.58. The van der Waals surface area contributed by atoms with Crippen LogP contribution in [0.3, 0.4) is 0 Å². The molecule has 0 aromatic carbocycles. The summed E-state index contributed by atoms with van der Waals surface area (Å²) < 4.78 is 6.56. The van der Waals surface area contributed by atoms with Gasteiger partial charge in [0.25, 0.3) is 0 Å². The Morgan fingerprint density at radius 1 is 1.41 bits per heavy atom. The SMILES string of the molecule is C=CCCC(=O)/C=C/C1=C(C)CCC1O[Si](C)(C)C(C)(C)C. The van der Waals surface area contributed by atoms with E-state index >= 15 is 0 Å². The molecule has 22 heavy (non-hydrogen) atoms. The number of carbonyl (C=O) groups excluding carboxylic acids is 1. The summed E-state index contributed by atoms with van der Waals surface area (Å²) in [6, 6.07) is 0. The molecule has 0 bridgehead atoms. The fraction of sp³-hybridized carbons (Fsp3) is 0.632. The summed E-state index contributed by atoms with van der Waals surface area (Å²) in [6.45, 7) is 17.2. The third-order valence-corrected chi connectivity index (χ3v) is 9.39. The number of carbonyl (C=O) groups is 1. The molecule has 1 unspecified atom stereocenters. The summed E-state index contributed by atoms with van der Waals surface area (Å²) in [6.07, 6.45) is 9.05. The predicted molar refractivity (Wildman–Crippen MR) is 97.6 cm³/mol. The summed E-state index contributed by atoms with van der Waals surface area (Å²) >= 11 is 0. The van der Waals surface area contributed by atoms with Crippen LogP contribution in [0.25, 0.3) is 0 Å². The summed E-state index contributed by atoms with van der Waals surface area (Å²) in [5.74, 6) is 0.165. The van der Waals surface area contributed by atoms with E-state index in [-0.39, 0.29) is 16.9 Å². The molecule has 1 aliphatic carbocycles. The molecule has 0 N–H and O–H groups in total. The second kappa shape index (κ2) is 7.56. The molecule has 0 amide bonds. The number of allylic oxidation sites excluding steroid dienone is 3. The molecule has 1 atom stereocenters. The van der Waals surface area contributed by atoms with E-state index in [1.807, 2.05) is 6.08 Å². The van der Waals surface area contributed by atoms with Crippen LogP contribution in [-0.4, -0.2) is 20.2 Å². The maximum atomic E-state index is 11.8. The van der Waals surface area contributed by atoms with Gasteiger partial charge in [-0.25, -0.2) is 0 Å². The van der Waals surface area contributed by atoms with Crippen molar-refractivity contribution in [1.29, 1.82) is 0 Å². The third-order valence-electron chi connectivity index (χ3n) is 4.91. The number of rotatable bonds is 7. The molecule has 2 nitrogen and oxygen atoms in total. The zero-order valence-corrected chi connectivity index (χ0v) is 16.2. The fourth-order valence-electron chi connectivity index (χ4n) is 2.34. The quantitative estimate of drug-likeness (QED) is 0.348. The van der Waals surface area contributed by atoms with E-state index in [9.17, 15) is 4.79 Å². The molecule has 124 valence electrons. The summed E-state index contributed by atoms with van der Waals surface area (Å²) in [7, 11) is -1.78. The first-order valence-corrected chi connectivity index (χ1v) is 11.2. The van der Waals surface area contributed by atoms with E-state index < -0.39 is 8.32 Å². The maximum absolute atomic E-state index is 11.8. The van der Waals surface area contributed by atoms with Crippen LogP contribution in [0.15, 0.2) is 36.0 Å². The Labute approximate surface area is 137 Å². The number of hydrogen-bond donors (Lipinski definition) is 0. The highest BCUT2D eigenvalue weighted by atomic mass is 28.4. The largest absolute Gasteiger partial charge is 0.410 e. The van der Waals surface area contributed by atoms with Crippen molar-refractivity contribution in [3.8, 4) is 0 Å².